The molecule has 0 fully saturated rings. The van der Waals surface area contributed by atoms with E-state index in [1.807, 2.05) is 24.0 Å². The highest BCUT2D eigenvalue weighted by Crippen LogP contribution is 1.98. The molecule has 2 nitrogen and oxygen atoms in total. The Kier molecular flexibility index (Phi) is 6.52. The van der Waals surface area contributed by atoms with Crippen LogP contribution in [0.25, 0.3) is 0 Å². The first-order valence-corrected chi connectivity index (χ1v) is 6.69. The number of unbranched alkanes of at least 4 members (excludes halogenated alkanes) is 1. The van der Waals surface area contributed by atoms with E-state index in [9.17, 15) is 4.79 Å². The molecule has 0 heterocycles. The van der Waals surface area contributed by atoms with Gasteiger partial charge < -0.3 is 4.74 Å². The lowest BCUT2D eigenvalue weighted by Gasteiger charge is -1.99. The molecule has 0 spiro atoms. The molecule has 0 N–H and O–H groups in total. The molecule has 1 unspecified atom stereocenters. The molecule has 0 radical (unpaired) electrons. The van der Waals surface area contributed by atoms with Crippen LogP contribution < -0.4 is 5.30 Å². The summed E-state index contributed by atoms with van der Waals surface area (Å²) in [7, 11) is 0.577. The summed E-state index contributed by atoms with van der Waals surface area (Å²) in [6.07, 6.45) is 2.42. The topological polar surface area (TPSA) is 26.3 Å². The second kappa shape index (κ2) is 8.06. The molecule has 1 rings (SSSR count). The normalized spacial score (nSPS) is 10.6. The number of carbonyl (C=O) groups is 1. The van der Waals surface area contributed by atoms with Gasteiger partial charge in [-0.1, -0.05) is 31.5 Å². The lowest BCUT2D eigenvalue weighted by molar-refractivity contribution is -0.142. The average molecular weight is 237 g/mol. The van der Waals surface area contributed by atoms with Gasteiger partial charge in [0.1, 0.15) is 19.9 Å². The average Bonchev–Trinajstić information content (AvgIpc) is 2.31. The number of hydrogen-bond donors (Lipinski definition) is 0. The third kappa shape index (κ3) is 5.67. The highest BCUT2D eigenvalue weighted by Gasteiger charge is 2.02. The Balaban J connectivity index is 2.24. The van der Waals surface area contributed by atoms with E-state index in [0.717, 1.165) is 12.8 Å². The summed E-state index contributed by atoms with van der Waals surface area (Å²) in [6, 6.07) is 10.1. The zero-order chi connectivity index (χ0) is 11.6. The van der Waals surface area contributed by atoms with Crippen LogP contribution in [0.2, 0.25) is 0 Å². The van der Waals surface area contributed by atoms with Crippen LogP contribution >= 0.6 is 8.20 Å². The second-order valence-electron chi connectivity index (χ2n) is 3.49. The Morgan fingerprint density at radius 1 is 1.38 bits per heavy atom. The smallest absolute Gasteiger partial charge is 0.313 e. The van der Waals surface area contributed by atoms with Crippen molar-refractivity contribution >= 4 is 25.3 Å². The molecule has 86 valence electrons. The number of esters is 1. The summed E-state index contributed by atoms with van der Waals surface area (Å²) in [5.41, 5.74) is 0. The van der Waals surface area contributed by atoms with Crippen molar-refractivity contribution in [1.82, 2.24) is 0 Å². The number of hydrogen-bond acceptors (Lipinski definition) is 2. The zero-order valence-electron chi connectivity index (χ0n) is 9.61. The molecule has 1 atom stereocenters. The van der Waals surface area contributed by atoms with Crippen LogP contribution in [0.5, 0.6) is 0 Å². The maximum Gasteiger partial charge on any atom is 0.313 e. The SMILES string of the molecule is CCCCOC(=O)CC=[PH+]c1ccccc1. The second-order valence-corrected chi connectivity index (χ2v) is 4.77. The van der Waals surface area contributed by atoms with E-state index in [4.69, 9.17) is 4.74 Å². The van der Waals surface area contributed by atoms with Crippen LogP contribution in [0.1, 0.15) is 26.2 Å². The van der Waals surface area contributed by atoms with Gasteiger partial charge in [0.2, 0.25) is 0 Å². The summed E-state index contributed by atoms with van der Waals surface area (Å²) in [4.78, 5) is 11.3. The Hall–Kier alpha value is -1.14. The van der Waals surface area contributed by atoms with Gasteiger partial charge in [0.15, 0.2) is 0 Å². The van der Waals surface area contributed by atoms with Gasteiger partial charge in [-0.05, 0) is 18.6 Å². The maximum atomic E-state index is 11.3. The number of ether oxygens (including phenoxy) is 1. The van der Waals surface area contributed by atoms with Crippen molar-refractivity contribution in [3.63, 3.8) is 0 Å². The summed E-state index contributed by atoms with van der Waals surface area (Å²) < 4.78 is 5.05. The van der Waals surface area contributed by atoms with E-state index in [1.165, 1.54) is 5.30 Å². The number of carbonyl (C=O) groups excluding carboxylic acids is 1. The fraction of sp³-hybridized carbons (Fsp3) is 0.385. The lowest BCUT2D eigenvalue weighted by atomic mass is 10.4. The molecular formula is C13H18O2P+. The Labute approximate surface area is 98.4 Å². The van der Waals surface area contributed by atoms with Crippen LogP contribution in [0.15, 0.2) is 30.3 Å². The standard InChI is InChI=1S/C13H17O2P/c1-2-3-10-15-13(14)9-11-16-12-7-5-4-6-8-12/h4-8,11H,2-3,9-10H2,1H3/p+1. The molecule has 0 aliphatic rings. The predicted octanol–water partition coefficient (Wildman–Crippen LogP) is 2.53. The van der Waals surface area contributed by atoms with Gasteiger partial charge in [-0.3, -0.25) is 4.79 Å². The fourth-order valence-electron chi connectivity index (χ4n) is 1.18. The minimum absolute atomic E-state index is 0.114. The minimum Gasteiger partial charge on any atom is -0.465 e. The molecule has 0 saturated heterocycles. The van der Waals surface area contributed by atoms with Crippen molar-refractivity contribution in [2.75, 3.05) is 6.61 Å². The Morgan fingerprint density at radius 3 is 2.81 bits per heavy atom. The third-order valence-electron chi connectivity index (χ3n) is 2.07. The van der Waals surface area contributed by atoms with Gasteiger partial charge in [0, 0.05) is 0 Å². The van der Waals surface area contributed by atoms with E-state index >= 15 is 0 Å². The van der Waals surface area contributed by atoms with Crippen LogP contribution in [-0.4, -0.2) is 18.4 Å². The molecule has 0 amide bonds. The fourth-order valence-corrected chi connectivity index (χ4v) is 2.07. The van der Waals surface area contributed by atoms with Gasteiger partial charge in [-0.25, -0.2) is 0 Å². The van der Waals surface area contributed by atoms with Gasteiger partial charge >= 0.3 is 5.97 Å². The highest BCUT2D eigenvalue weighted by molar-refractivity contribution is 7.47. The molecule has 16 heavy (non-hydrogen) atoms. The predicted molar refractivity (Wildman–Crippen MR) is 70.9 cm³/mol. The van der Waals surface area contributed by atoms with Crippen molar-refractivity contribution in [3.8, 4) is 0 Å². The first kappa shape index (κ1) is 12.9. The third-order valence-corrected chi connectivity index (χ3v) is 3.15. The van der Waals surface area contributed by atoms with Crippen molar-refractivity contribution < 1.29 is 9.53 Å². The van der Waals surface area contributed by atoms with E-state index in [0.29, 0.717) is 21.2 Å². The molecule has 0 bridgehead atoms. The van der Waals surface area contributed by atoms with E-state index in [-0.39, 0.29) is 5.97 Å². The number of rotatable bonds is 6. The highest BCUT2D eigenvalue weighted by atomic mass is 31.1. The van der Waals surface area contributed by atoms with Gasteiger partial charge in [-0.15, -0.1) is 0 Å². The molecule has 0 aromatic heterocycles. The van der Waals surface area contributed by atoms with Crippen molar-refractivity contribution in [2.45, 2.75) is 26.2 Å². The molecule has 0 aliphatic heterocycles. The Morgan fingerprint density at radius 2 is 2.12 bits per heavy atom. The van der Waals surface area contributed by atoms with E-state index < -0.39 is 0 Å². The minimum atomic E-state index is -0.114. The van der Waals surface area contributed by atoms with Crippen LogP contribution in [0, 0.1) is 0 Å². The van der Waals surface area contributed by atoms with Crippen LogP contribution in [0.3, 0.4) is 0 Å². The van der Waals surface area contributed by atoms with Crippen molar-refractivity contribution in [2.24, 2.45) is 0 Å². The zero-order valence-corrected chi connectivity index (χ0v) is 10.6. The maximum absolute atomic E-state index is 11.3. The first-order chi connectivity index (χ1) is 7.83. The molecular weight excluding hydrogens is 219 g/mol. The van der Waals surface area contributed by atoms with Crippen molar-refractivity contribution in [1.29, 1.82) is 0 Å². The molecule has 0 saturated carbocycles. The monoisotopic (exact) mass is 237 g/mol. The van der Waals surface area contributed by atoms with Crippen molar-refractivity contribution in [3.05, 3.63) is 30.3 Å². The van der Waals surface area contributed by atoms with E-state index in [1.54, 1.807) is 0 Å². The largest absolute Gasteiger partial charge is 0.465 e. The molecule has 3 heteroatoms. The molecule has 1 aromatic carbocycles. The lowest BCUT2D eigenvalue weighted by Crippen LogP contribution is -2.05. The summed E-state index contributed by atoms with van der Waals surface area (Å²) >= 11 is 0. The summed E-state index contributed by atoms with van der Waals surface area (Å²) in [6.45, 7) is 2.63. The molecule has 0 aliphatic carbocycles. The van der Waals surface area contributed by atoms with Gasteiger partial charge in [0.25, 0.3) is 0 Å². The van der Waals surface area contributed by atoms with Crippen LogP contribution in [0.4, 0.5) is 0 Å². The number of benzene rings is 1. The Bertz CT molecular complexity index is 333. The summed E-state index contributed by atoms with van der Waals surface area (Å²) in [5.74, 6) is 1.88. The van der Waals surface area contributed by atoms with E-state index in [2.05, 4.69) is 19.1 Å². The first-order valence-electron chi connectivity index (χ1n) is 5.62. The molecule has 1 aromatic rings. The van der Waals surface area contributed by atoms with Gasteiger partial charge in [0.05, 0.1) is 12.4 Å². The quantitative estimate of drug-likeness (QED) is 0.432. The van der Waals surface area contributed by atoms with Crippen LogP contribution in [-0.2, 0) is 9.53 Å². The van der Waals surface area contributed by atoms with Gasteiger partial charge in [-0.2, -0.15) is 0 Å². The summed E-state index contributed by atoms with van der Waals surface area (Å²) in [5, 5.41) is 1.25.